The van der Waals surface area contributed by atoms with E-state index in [-0.39, 0.29) is 5.41 Å². The summed E-state index contributed by atoms with van der Waals surface area (Å²) in [6, 6.07) is 6.06. The summed E-state index contributed by atoms with van der Waals surface area (Å²) in [7, 11) is 0. The number of hydrogen-bond donors (Lipinski definition) is 0. The SMILES string of the molecule is Cc1cnc(CC(C)C)c(C)c1OCC(C)(C)Cc1ccccn1. The van der Waals surface area contributed by atoms with Crippen molar-refractivity contribution in [1.29, 1.82) is 0 Å². The summed E-state index contributed by atoms with van der Waals surface area (Å²) in [4.78, 5) is 9.04. The zero-order chi connectivity index (χ0) is 17.7. The highest BCUT2D eigenvalue weighted by Crippen LogP contribution is 2.29. The third kappa shape index (κ3) is 5.05. The highest BCUT2D eigenvalue weighted by Gasteiger charge is 2.22. The predicted octanol–water partition coefficient (Wildman–Crippen LogP) is 4.94. The van der Waals surface area contributed by atoms with Crippen LogP contribution in [-0.2, 0) is 12.8 Å². The Bertz CT molecular complexity index is 663. The van der Waals surface area contributed by atoms with Crippen LogP contribution in [0.1, 0.15) is 50.2 Å². The average molecular weight is 326 g/mol. The summed E-state index contributed by atoms with van der Waals surface area (Å²) < 4.78 is 6.26. The van der Waals surface area contributed by atoms with Gasteiger partial charge in [-0.25, -0.2) is 0 Å². The molecule has 0 fully saturated rings. The molecular formula is C21H30N2O. The molecule has 0 amide bonds. The van der Waals surface area contributed by atoms with Gasteiger partial charge in [0.2, 0.25) is 0 Å². The van der Waals surface area contributed by atoms with Gasteiger partial charge in [-0.2, -0.15) is 0 Å². The summed E-state index contributed by atoms with van der Waals surface area (Å²) in [6.07, 6.45) is 5.67. The molecule has 0 spiro atoms. The van der Waals surface area contributed by atoms with E-state index in [9.17, 15) is 0 Å². The minimum absolute atomic E-state index is 0.0225. The highest BCUT2D eigenvalue weighted by molar-refractivity contribution is 5.41. The topological polar surface area (TPSA) is 35.0 Å². The van der Waals surface area contributed by atoms with Gasteiger partial charge < -0.3 is 4.74 Å². The normalized spacial score (nSPS) is 11.8. The maximum atomic E-state index is 6.26. The molecule has 0 aliphatic carbocycles. The zero-order valence-electron chi connectivity index (χ0n) is 15.9. The number of aryl methyl sites for hydroxylation is 1. The van der Waals surface area contributed by atoms with Crippen molar-refractivity contribution in [3.63, 3.8) is 0 Å². The average Bonchev–Trinajstić information content (AvgIpc) is 2.50. The maximum Gasteiger partial charge on any atom is 0.128 e. The molecule has 2 aromatic rings. The second-order valence-corrected chi connectivity index (χ2v) is 7.89. The van der Waals surface area contributed by atoms with Crippen LogP contribution in [0, 0.1) is 25.2 Å². The Morgan fingerprint density at radius 3 is 2.50 bits per heavy atom. The zero-order valence-corrected chi connectivity index (χ0v) is 15.9. The first kappa shape index (κ1) is 18.4. The molecule has 0 aromatic carbocycles. The molecule has 130 valence electrons. The third-order valence-corrected chi connectivity index (χ3v) is 4.14. The van der Waals surface area contributed by atoms with Crippen molar-refractivity contribution < 1.29 is 4.74 Å². The van der Waals surface area contributed by atoms with Gasteiger partial charge in [0.15, 0.2) is 0 Å². The molecule has 0 bridgehead atoms. The van der Waals surface area contributed by atoms with E-state index in [1.807, 2.05) is 24.5 Å². The Morgan fingerprint density at radius 2 is 1.88 bits per heavy atom. The monoisotopic (exact) mass is 326 g/mol. The van der Waals surface area contributed by atoms with Crippen LogP contribution in [-0.4, -0.2) is 16.6 Å². The largest absolute Gasteiger partial charge is 0.492 e. The molecule has 0 saturated heterocycles. The Morgan fingerprint density at radius 1 is 1.12 bits per heavy atom. The van der Waals surface area contributed by atoms with Crippen LogP contribution in [0.15, 0.2) is 30.6 Å². The van der Waals surface area contributed by atoms with Crippen molar-refractivity contribution in [2.45, 2.75) is 54.4 Å². The van der Waals surface area contributed by atoms with Crippen LogP contribution in [0.4, 0.5) is 0 Å². The van der Waals surface area contributed by atoms with Crippen LogP contribution in [0.3, 0.4) is 0 Å². The van der Waals surface area contributed by atoms with Gasteiger partial charge in [0.1, 0.15) is 5.75 Å². The van der Waals surface area contributed by atoms with E-state index >= 15 is 0 Å². The van der Waals surface area contributed by atoms with E-state index in [1.165, 1.54) is 5.56 Å². The van der Waals surface area contributed by atoms with Crippen molar-refractivity contribution in [2.75, 3.05) is 6.61 Å². The molecule has 3 nitrogen and oxygen atoms in total. The second-order valence-electron chi connectivity index (χ2n) is 7.89. The lowest BCUT2D eigenvalue weighted by Crippen LogP contribution is -2.25. The van der Waals surface area contributed by atoms with Crippen molar-refractivity contribution in [3.05, 3.63) is 53.1 Å². The van der Waals surface area contributed by atoms with E-state index < -0.39 is 0 Å². The molecule has 0 aliphatic heterocycles. The van der Waals surface area contributed by atoms with Gasteiger partial charge in [-0.05, 0) is 44.7 Å². The molecule has 0 N–H and O–H groups in total. The third-order valence-electron chi connectivity index (χ3n) is 4.14. The van der Waals surface area contributed by atoms with Crippen LogP contribution in [0.2, 0.25) is 0 Å². The van der Waals surface area contributed by atoms with E-state index in [4.69, 9.17) is 4.74 Å². The molecule has 2 aromatic heterocycles. The molecule has 0 radical (unpaired) electrons. The first-order valence-electron chi connectivity index (χ1n) is 8.76. The summed E-state index contributed by atoms with van der Waals surface area (Å²) in [6.45, 7) is 13.7. The lowest BCUT2D eigenvalue weighted by molar-refractivity contribution is 0.176. The molecule has 0 aliphatic rings. The fourth-order valence-electron chi connectivity index (χ4n) is 2.88. The summed E-state index contributed by atoms with van der Waals surface area (Å²) in [5.74, 6) is 1.59. The molecular weight excluding hydrogens is 296 g/mol. The first-order chi connectivity index (χ1) is 11.3. The van der Waals surface area contributed by atoms with Gasteiger partial charge in [-0.3, -0.25) is 9.97 Å². The quantitative estimate of drug-likeness (QED) is 0.723. The number of aromatic nitrogens is 2. The van der Waals surface area contributed by atoms with Gasteiger partial charge in [-0.15, -0.1) is 0 Å². The number of rotatable bonds is 7. The molecule has 0 atom stereocenters. The number of ether oxygens (including phenoxy) is 1. The predicted molar refractivity (Wildman–Crippen MR) is 99.5 cm³/mol. The number of pyridine rings is 2. The smallest absolute Gasteiger partial charge is 0.128 e. The lowest BCUT2D eigenvalue weighted by Gasteiger charge is -2.26. The van der Waals surface area contributed by atoms with Crippen molar-refractivity contribution in [3.8, 4) is 5.75 Å². The molecule has 3 heteroatoms. The van der Waals surface area contributed by atoms with Gasteiger partial charge in [0.05, 0.1) is 6.61 Å². The Labute approximate surface area is 146 Å². The standard InChI is InChI=1S/C21H30N2O/c1-15(2)11-19-17(4)20(16(3)13-23-19)24-14-21(5,6)12-18-9-7-8-10-22-18/h7-10,13,15H,11-12,14H2,1-6H3. The van der Waals surface area contributed by atoms with Crippen molar-refractivity contribution >= 4 is 0 Å². The van der Waals surface area contributed by atoms with Crippen LogP contribution in [0.5, 0.6) is 5.75 Å². The van der Waals surface area contributed by atoms with Crippen LogP contribution in [0.25, 0.3) is 0 Å². The van der Waals surface area contributed by atoms with Gasteiger partial charge in [0, 0.05) is 40.3 Å². The van der Waals surface area contributed by atoms with E-state index in [2.05, 4.69) is 57.6 Å². The second kappa shape index (κ2) is 7.78. The summed E-state index contributed by atoms with van der Waals surface area (Å²) in [5, 5.41) is 0. The summed E-state index contributed by atoms with van der Waals surface area (Å²) in [5.41, 5.74) is 4.56. The maximum absolute atomic E-state index is 6.26. The molecule has 0 unspecified atom stereocenters. The minimum atomic E-state index is 0.0225. The molecule has 24 heavy (non-hydrogen) atoms. The van der Waals surface area contributed by atoms with Gasteiger partial charge in [-0.1, -0.05) is 33.8 Å². The van der Waals surface area contributed by atoms with Gasteiger partial charge in [0.25, 0.3) is 0 Å². The minimum Gasteiger partial charge on any atom is -0.492 e. The van der Waals surface area contributed by atoms with Crippen LogP contribution < -0.4 is 4.74 Å². The molecule has 0 saturated carbocycles. The first-order valence-corrected chi connectivity index (χ1v) is 8.76. The number of nitrogens with zero attached hydrogens (tertiary/aromatic N) is 2. The number of hydrogen-bond acceptors (Lipinski definition) is 3. The van der Waals surface area contributed by atoms with Crippen LogP contribution >= 0.6 is 0 Å². The van der Waals surface area contributed by atoms with Gasteiger partial charge >= 0.3 is 0 Å². The fourth-order valence-corrected chi connectivity index (χ4v) is 2.88. The van der Waals surface area contributed by atoms with E-state index in [0.717, 1.165) is 35.5 Å². The highest BCUT2D eigenvalue weighted by atomic mass is 16.5. The molecule has 2 heterocycles. The van der Waals surface area contributed by atoms with Crippen molar-refractivity contribution in [2.24, 2.45) is 11.3 Å². The summed E-state index contributed by atoms with van der Waals surface area (Å²) >= 11 is 0. The Balaban J connectivity index is 2.10. The Kier molecular flexibility index (Phi) is 5.98. The fraction of sp³-hybridized carbons (Fsp3) is 0.524. The Hall–Kier alpha value is -1.90. The van der Waals surface area contributed by atoms with Crippen molar-refractivity contribution in [1.82, 2.24) is 9.97 Å². The lowest BCUT2D eigenvalue weighted by atomic mass is 9.88. The van der Waals surface area contributed by atoms with E-state index in [1.54, 1.807) is 0 Å². The molecule has 2 rings (SSSR count). The van der Waals surface area contributed by atoms with E-state index in [0.29, 0.717) is 12.5 Å².